The maximum absolute atomic E-state index is 12.2. The van der Waals surface area contributed by atoms with Crippen molar-refractivity contribution < 1.29 is 18.3 Å². The van der Waals surface area contributed by atoms with Crippen molar-refractivity contribution in [2.75, 3.05) is 30.3 Å². The zero-order valence-electron chi connectivity index (χ0n) is 8.28. The summed E-state index contributed by atoms with van der Waals surface area (Å²) in [7, 11) is 0. The summed E-state index contributed by atoms with van der Waals surface area (Å²) in [5.74, 6) is -0.0681. The molecule has 90 valence electrons. The Morgan fingerprint density at radius 3 is 2.62 bits per heavy atom. The first-order valence-corrected chi connectivity index (χ1v) is 4.43. The molecule has 0 spiro atoms. The Kier molecular flexibility index (Phi) is 3.88. The van der Waals surface area contributed by atoms with Gasteiger partial charge in [-0.3, -0.25) is 0 Å². The zero-order valence-corrected chi connectivity index (χ0v) is 8.28. The fourth-order valence-corrected chi connectivity index (χ4v) is 1.10. The van der Waals surface area contributed by atoms with Crippen LogP contribution < -0.4 is 10.6 Å². The lowest BCUT2D eigenvalue weighted by molar-refractivity contribution is -0.120. The number of nitrogen functional groups attached to an aromatic ring is 1. The van der Waals surface area contributed by atoms with Crippen molar-refractivity contribution in [1.82, 2.24) is 9.97 Å². The molecular formula is C8H11F3N4O. The molecule has 0 amide bonds. The quantitative estimate of drug-likeness (QED) is 0.792. The van der Waals surface area contributed by atoms with Crippen LogP contribution in [-0.2, 0) is 0 Å². The Labute approximate surface area is 89.7 Å². The maximum Gasteiger partial charge on any atom is 0.406 e. The number of aromatic nitrogens is 2. The lowest BCUT2D eigenvalue weighted by Gasteiger charge is -2.22. The summed E-state index contributed by atoms with van der Waals surface area (Å²) in [5, 5.41) is 8.67. The van der Waals surface area contributed by atoms with Gasteiger partial charge in [0.15, 0.2) is 0 Å². The molecular weight excluding hydrogens is 225 g/mol. The first kappa shape index (κ1) is 12.5. The van der Waals surface area contributed by atoms with E-state index in [0.717, 1.165) is 4.90 Å². The van der Waals surface area contributed by atoms with E-state index in [1.54, 1.807) is 0 Å². The zero-order chi connectivity index (χ0) is 12.2. The molecule has 0 saturated heterocycles. The third-order valence-electron chi connectivity index (χ3n) is 1.69. The number of anilines is 2. The standard InChI is InChI=1S/C8H11F3N4O/c9-8(10,11)5-15(3-4-16)7-13-2-1-6(12)14-7/h1-2,16H,3-5H2,(H2,12,13,14). The van der Waals surface area contributed by atoms with Crippen LogP contribution in [0.25, 0.3) is 0 Å². The van der Waals surface area contributed by atoms with E-state index in [0.29, 0.717) is 0 Å². The molecule has 1 aromatic rings. The number of hydrogen-bond acceptors (Lipinski definition) is 5. The molecule has 0 radical (unpaired) electrons. The molecule has 0 bridgehead atoms. The third kappa shape index (κ3) is 3.89. The molecule has 1 rings (SSSR count). The minimum absolute atomic E-state index is 0.0788. The van der Waals surface area contributed by atoms with E-state index >= 15 is 0 Å². The number of aliphatic hydroxyl groups is 1. The molecule has 8 heteroatoms. The monoisotopic (exact) mass is 236 g/mol. The van der Waals surface area contributed by atoms with Gasteiger partial charge in [0, 0.05) is 12.7 Å². The lowest BCUT2D eigenvalue weighted by atomic mass is 10.5. The van der Waals surface area contributed by atoms with E-state index in [9.17, 15) is 13.2 Å². The smallest absolute Gasteiger partial charge is 0.395 e. The number of nitrogens with two attached hydrogens (primary N) is 1. The van der Waals surface area contributed by atoms with Crippen LogP contribution in [0.3, 0.4) is 0 Å². The molecule has 0 aliphatic rings. The first-order valence-electron chi connectivity index (χ1n) is 4.43. The number of halogens is 3. The second-order valence-electron chi connectivity index (χ2n) is 3.04. The van der Waals surface area contributed by atoms with Gasteiger partial charge in [-0.15, -0.1) is 0 Å². The molecule has 5 nitrogen and oxygen atoms in total. The van der Waals surface area contributed by atoms with Gasteiger partial charge in [-0.2, -0.15) is 18.2 Å². The second kappa shape index (κ2) is 4.97. The Bertz CT molecular complexity index is 344. The molecule has 0 aromatic carbocycles. The number of nitrogens with zero attached hydrogens (tertiary/aromatic N) is 3. The van der Waals surface area contributed by atoms with Gasteiger partial charge in [0.25, 0.3) is 0 Å². The van der Waals surface area contributed by atoms with E-state index < -0.39 is 19.3 Å². The molecule has 0 atom stereocenters. The summed E-state index contributed by atoms with van der Waals surface area (Å²) >= 11 is 0. The van der Waals surface area contributed by atoms with Gasteiger partial charge in [0.2, 0.25) is 5.95 Å². The van der Waals surface area contributed by atoms with Gasteiger partial charge < -0.3 is 15.7 Å². The molecule has 0 saturated carbocycles. The first-order chi connectivity index (χ1) is 7.42. The Balaban J connectivity index is 2.85. The van der Waals surface area contributed by atoms with Crippen molar-refractivity contribution in [2.45, 2.75) is 6.18 Å². The van der Waals surface area contributed by atoms with Crippen molar-refractivity contribution in [1.29, 1.82) is 0 Å². The second-order valence-corrected chi connectivity index (χ2v) is 3.04. The normalized spacial score (nSPS) is 11.5. The van der Waals surface area contributed by atoms with Crippen LogP contribution in [0.15, 0.2) is 12.3 Å². The number of rotatable bonds is 4. The summed E-state index contributed by atoms with van der Waals surface area (Å²) in [6.45, 7) is -1.85. The topological polar surface area (TPSA) is 75.3 Å². The summed E-state index contributed by atoms with van der Waals surface area (Å²) < 4.78 is 36.6. The summed E-state index contributed by atoms with van der Waals surface area (Å²) in [6, 6.07) is 1.37. The highest BCUT2D eigenvalue weighted by Gasteiger charge is 2.31. The van der Waals surface area contributed by atoms with Gasteiger partial charge >= 0.3 is 6.18 Å². The number of alkyl halides is 3. The van der Waals surface area contributed by atoms with Crippen LogP contribution in [0.5, 0.6) is 0 Å². The largest absolute Gasteiger partial charge is 0.406 e. The Hall–Kier alpha value is -1.57. The lowest BCUT2D eigenvalue weighted by Crippen LogP contribution is -2.37. The predicted molar refractivity (Wildman–Crippen MR) is 51.8 cm³/mol. The molecule has 3 N–H and O–H groups in total. The minimum atomic E-state index is -4.39. The van der Waals surface area contributed by atoms with Crippen molar-refractivity contribution in [3.63, 3.8) is 0 Å². The maximum atomic E-state index is 12.2. The van der Waals surface area contributed by atoms with Gasteiger partial charge in [-0.1, -0.05) is 0 Å². The minimum Gasteiger partial charge on any atom is -0.395 e. The molecule has 1 heterocycles. The highest BCUT2D eigenvalue weighted by Crippen LogP contribution is 2.19. The fourth-order valence-electron chi connectivity index (χ4n) is 1.10. The molecule has 0 unspecified atom stereocenters. The summed E-state index contributed by atoms with van der Waals surface area (Å²) in [5.41, 5.74) is 5.33. The van der Waals surface area contributed by atoms with E-state index in [2.05, 4.69) is 9.97 Å². The van der Waals surface area contributed by atoms with Crippen LogP contribution >= 0.6 is 0 Å². The average molecular weight is 236 g/mol. The van der Waals surface area contributed by atoms with E-state index in [4.69, 9.17) is 10.8 Å². The van der Waals surface area contributed by atoms with E-state index in [-0.39, 0.29) is 18.3 Å². The molecule has 1 aromatic heterocycles. The van der Waals surface area contributed by atoms with Crippen LogP contribution in [-0.4, -0.2) is 40.9 Å². The van der Waals surface area contributed by atoms with E-state index in [1.165, 1.54) is 12.3 Å². The fraction of sp³-hybridized carbons (Fsp3) is 0.500. The van der Waals surface area contributed by atoms with Gasteiger partial charge in [0.1, 0.15) is 12.4 Å². The number of aliphatic hydroxyl groups excluding tert-OH is 1. The summed E-state index contributed by atoms with van der Waals surface area (Å²) in [6.07, 6.45) is -3.12. The number of hydrogen-bond donors (Lipinski definition) is 2. The van der Waals surface area contributed by atoms with Gasteiger partial charge in [-0.05, 0) is 6.07 Å². The van der Waals surface area contributed by atoms with Gasteiger partial charge in [-0.25, -0.2) is 4.98 Å². The van der Waals surface area contributed by atoms with Crippen LogP contribution in [0.4, 0.5) is 24.9 Å². The van der Waals surface area contributed by atoms with Crippen LogP contribution in [0, 0.1) is 0 Å². The van der Waals surface area contributed by atoms with E-state index in [1.807, 2.05) is 0 Å². The highest BCUT2D eigenvalue weighted by molar-refractivity contribution is 5.37. The average Bonchev–Trinajstić information content (AvgIpc) is 2.15. The molecule has 16 heavy (non-hydrogen) atoms. The molecule has 0 fully saturated rings. The predicted octanol–water partition coefficient (Wildman–Crippen LogP) is 0.420. The summed E-state index contributed by atoms with van der Waals surface area (Å²) in [4.78, 5) is 8.14. The van der Waals surface area contributed by atoms with Crippen molar-refractivity contribution in [3.8, 4) is 0 Å². The Morgan fingerprint density at radius 1 is 1.44 bits per heavy atom. The van der Waals surface area contributed by atoms with Crippen molar-refractivity contribution >= 4 is 11.8 Å². The van der Waals surface area contributed by atoms with Crippen LogP contribution in [0.1, 0.15) is 0 Å². The van der Waals surface area contributed by atoms with Crippen molar-refractivity contribution in [3.05, 3.63) is 12.3 Å². The van der Waals surface area contributed by atoms with Crippen LogP contribution in [0.2, 0.25) is 0 Å². The molecule has 0 aliphatic carbocycles. The molecule has 0 aliphatic heterocycles. The Morgan fingerprint density at radius 2 is 2.12 bits per heavy atom. The van der Waals surface area contributed by atoms with Crippen molar-refractivity contribution in [2.24, 2.45) is 0 Å². The third-order valence-corrected chi connectivity index (χ3v) is 1.69. The van der Waals surface area contributed by atoms with Gasteiger partial charge in [0.05, 0.1) is 6.61 Å². The SMILES string of the molecule is Nc1ccnc(N(CCO)CC(F)(F)F)n1. The highest BCUT2D eigenvalue weighted by atomic mass is 19.4.